The Labute approximate surface area is 179 Å². The maximum atomic E-state index is 13.1. The molecule has 164 valence electrons. The first-order valence-electron chi connectivity index (χ1n) is 9.15. The Bertz CT molecular complexity index is 1250. The van der Waals surface area contributed by atoms with Crippen LogP contribution in [0.4, 0.5) is 24.5 Å². The number of halogens is 4. The van der Waals surface area contributed by atoms with E-state index in [-0.39, 0.29) is 16.7 Å². The lowest BCUT2D eigenvalue weighted by atomic mass is 10.2. The fraction of sp³-hybridized carbons (Fsp3) is 0.316. The van der Waals surface area contributed by atoms with Crippen molar-refractivity contribution in [1.82, 2.24) is 19.2 Å². The number of nitrogens with zero attached hydrogens (tertiary/aromatic N) is 4. The van der Waals surface area contributed by atoms with Gasteiger partial charge in [-0.2, -0.15) is 18.3 Å². The van der Waals surface area contributed by atoms with Crippen molar-refractivity contribution in [3.63, 3.8) is 0 Å². The number of alkyl halides is 3. The number of hydrogen-bond acceptors (Lipinski definition) is 6. The van der Waals surface area contributed by atoms with Gasteiger partial charge in [-0.25, -0.2) is 9.50 Å². The second kappa shape index (κ2) is 7.27. The molecule has 0 saturated heterocycles. The normalized spacial score (nSPS) is 15.2. The molecule has 3 aromatic rings. The number of methoxy groups -OCH3 is 1. The van der Waals surface area contributed by atoms with Crippen LogP contribution in [0.25, 0.3) is 5.65 Å². The van der Waals surface area contributed by atoms with Crippen LogP contribution in [0.15, 0.2) is 41.7 Å². The van der Waals surface area contributed by atoms with Crippen molar-refractivity contribution in [3.05, 3.63) is 63.7 Å². The highest BCUT2D eigenvalue weighted by Crippen LogP contribution is 2.51. The van der Waals surface area contributed by atoms with Crippen LogP contribution in [0, 0.1) is 0 Å². The summed E-state index contributed by atoms with van der Waals surface area (Å²) < 4.78 is 47.4. The number of pyridine rings is 1. The first kappa shape index (κ1) is 21.2. The van der Waals surface area contributed by atoms with Gasteiger partial charge in [0.05, 0.1) is 17.4 Å². The molecule has 3 heterocycles. The standard InChI is InChI=1S/C19H18ClF3N6O2/c1-10(25-12-6-11(19(21,22)23)9-28(2)17(12)30)26-13-8-24-15-7-14(20)27-29(15)16(13)18(31-3)4-5-18/h6-9,25-26H,1,4-5H2,2-3H3. The van der Waals surface area contributed by atoms with Crippen LogP contribution >= 0.6 is 11.6 Å². The topological polar surface area (TPSA) is 85.5 Å². The molecular formula is C19H18ClF3N6O2. The average molecular weight is 455 g/mol. The zero-order valence-corrected chi connectivity index (χ0v) is 17.3. The quantitative estimate of drug-likeness (QED) is 0.590. The average Bonchev–Trinajstić information content (AvgIpc) is 3.38. The van der Waals surface area contributed by atoms with Crippen LogP contribution in [0.5, 0.6) is 0 Å². The van der Waals surface area contributed by atoms with E-state index in [1.165, 1.54) is 13.2 Å². The summed E-state index contributed by atoms with van der Waals surface area (Å²) in [5.41, 5.74) is -0.861. The van der Waals surface area contributed by atoms with Crippen molar-refractivity contribution >= 4 is 28.6 Å². The van der Waals surface area contributed by atoms with E-state index in [0.717, 1.165) is 29.7 Å². The lowest BCUT2D eigenvalue weighted by molar-refractivity contribution is -0.138. The van der Waals surface area contributed by atoms with Gasteiger partial charge in [-0.1, -0.05) is 18.2 Å². The highest BCUT2D eigenvalue weighted by molar-refractivity contribution is 6.29. The van der Waals surface area contributed by atoms with Gasteiger partial charge < -0.3 is 19.9 Å². The second-order valence-corrected chi connectivity index (χ2v) is 7.63. The lowest BCUT2D eigenvalue weighted by Crippen LogP contribution is -2.25. The Morgan fingerprint density at radius 3 is 2.58 bits per heavy atom. The van der Waals surface area contributed by atoms with Gasteiger partial charge in [-0.15, -0.1) is 0 Å². The van der Waals surface area contributed by atoms with E-state index in [1.54, 1.807) is 17.7 Å². The summed E-state index contributed by atoms with van der Waals surface area (Å²) in [6, 6.07) is 2.34. The number of nitrogens with one attached hydrogen (secondary N) is 2. The van der Waals surface area contributed by atoms with E-state index < -0.39 is 22.9 Å². The van der Waals surface area contributed by atoms with Gasteiger partial charge in [-0.3, -0.25) is 4.79 Å². The molecule has 0 unspecified atom stereocenters. The molecule has 0 spiro atoms. The van der Waals surface area contributed by atoms with Crippen molar-refractivity contribution in [2.75, 3.05) is 17.7 Å². The second-order valence-electron chi connectivity index (χ2n) is 7.24. The number of fused-ring (bicyclic) bond motifs is 1. The van der Waals surface area contributed by atoms with E-state index in [2.05, 4.69) is 27.3 Å². The molecule has 1 aliphatic carbocycles. The molecule has 0 amide bonds. The molecule has 8 nitrogen and oxygen atoms in total. The fourth-order valence-electron chi connectivity index (χ4n) is 3.40. The first-order chi connectivity index (χ1) is 14.5. The maximum Gasteiger partial charge on any atom is 0.417 e. The predicted molar refractivity (Wildman–Crippen MR) is 109 cm³/mol. The van der Waals surface area contributed by atoms with Gasteiger partial charge >= 0.3 is 6.18 Å². The molecule has 1 aliphatic rings. The van der Waals surface area contributed by atoms with E-state index >= 15 is 0 Å². The Morgan fingerprint density at radius 2 is 1.97 bits per heavy atom. The monoisotopic (exact) mass is 454 g/mol. The highest BCUT2D eigenvalue weighted by Gasteiger charge is 2.49. The Morgan fingerprint density at radius 1 is 1.29 bits per heavy atom. The van der Waals surface area contributed by atoms with E-state index in [1.807, 2.05) is 0 Å². The molecule has 0 bridgehead atoms. The fourth-order valence-corrected chi connectivity index (χ4v) is 3.57. The van der Waals surface area contributed by atoms with Gasteiger partial charge in [0.2, 0.25) is 0 Å². The molecule has 12 heteroatoms. The molecule has 2 N–H and O–H groups in total. The summed E-state index contributed by atoms with van der Waals surface area (Å²) in [5, 5.41) is 10.1. The summed E-state index contributed by atoms with van der Waals surface area (Å²) in [5.74, 6) is 0.0731. The maximum absolute atomic E-state index is 13.1. The van der Waals surface area contributed by atoms with Crippen molar-refractivity contribution in [2.24, 2.45) is 7.05 Å². The van der Waals surface area contributed by atoms with Gasteiger partial charge in [0.1, 0.15) is 22.8 Å². The number of rotatable bonds is 6. The van der Waals surface area contributed by atoms with Crippen LogP contribution < -0.4 is 16.2 Å². The SMILES string of the molecule is C=C(Nc1cnc2cc(Cl)nn2c1C1(OC)CC1)Nc1cc(C(F)(F)F)cn(C)c1=O. The molecule has 0 radical (unpaired) electrons. The molecule has 3 aromatic heterocycles. The van der Waals surface area contributed by atoms with Crippen LogP contribution in [-0.2, 0) is 23.6 Å². The minimum atomic E-state index is -4.60. The summed E-state index contributed by atoms with van der Waals surface area (Å²) in [7, 11) is 2.82. The highest BCUT2D eigenvalue weighted by atomic mass is 35.5. The molecule has 1 saturated carbocycles. The Balaban J connectivity index is 1.68. The number of aryl methyl sites for hydroxylation is 1. The molecule has 1 fully saturated rings. The van der Waals surface area contributed by atoms with E-state index in [0.29, 0.717) is 17.0 Å². The van der Waals surface area contributed by atoms with Gasteiger partial charge in [-0.05, 0) is 18.9 Å². The third-order valence-corrected chi connectivity index (χ3v) is 5.25. The molecule has 0 aliphatic heterocycles. The van der Waals surface area contributed by atoms with Gasteiger partial charge in [0.15, 0.2) is 10.8 Å². The van der Waals surface area contributed by atoms with Crippen LogP contribution in [0.3, 0.4) is 0 Å². The van der Waals surface area contributed by atoms with Gasteiger partial charge in [0.25, 0.3) is 5.56 Å². The van der Waals surface area contributed by atoms with Gasteiger partial charge in [0, 0.05) is 26.4 Å². The third-order valence-electron chi connectivity index (χ3n) is 5.06. The zero-order chi connectivity index (χ0) is 22.6. The number of anilines is 2. The number of ether oxygens (including phenoxy) is 1. The molecule has 4 rings (SSSR count). The van der Waals surface area contributed by atoms with Crippen LogP contribution in [0.1, 0.15) is 24.1 Å². The Hall–Kier alpha value is -3.05. The Kier molecular flexibility index (Phi) is 4.97. The number of hydrogen-bond donors (Lipinski definition) is 2. The van der Waals surface area contributed by atoms with Crippen molar-refractivity contribution in [3.8, 4) is 0 Å². The third kappa shape index (κ3) is 3.86. The van der Waals surface area contributed by atoms with Crippen LogP contribution in [0.2, 0.25) is 5.15 Å². The molecule has 31 heavy (non-hydrogen) atoms. The number of aromatic nitrogens is 4. The predicted octanol–water partition coefficient (Wildman–Crippen LogP) is 3.73. The molecule has 0 atom stereocenters. The minimum absolute atomic E-state index is 0.0731. The zero-order valence-electron chi connectivity index (χ0n) is 16.5. The smallest absolute Gasteiger partial charge is 0.372 e. The van der Waals surface area contributed by atoms with Crippen molar-refractivity contribution in [2.45, 2.75) is 24.6 Å². The summed E-state index contributed by atoms with van der Waals surface area (Å²) in [6.45, 7) is 3.79. The lowest BCUT2D eigenvalue weighted by Gasteiger charge is -2.21. The summed E-state index contributed by atoms with van der Waals surface area (Å²) >= 11 is 6.03. The molecule has 0 aromatic carbocycles. The van der Waals surface area contributed by atoms with Crippen LogP contribution in [-0.4, -0.2) is 26.3 Å². The molecular weight excluding hydrogens is 437 g/mol. The summed E-state index contributed by atoms with van der Waals surface area (Å²) in [6.07, 6.45) is -0.865. The van der Waals surface area contributed by atoms with Crippen molar-refractivity contribution in [1.29, 1.82) is 0 Å². The van der Waals surface area contributed by atoms with Crippen molar-refractivity contribution < 1.29 is 17.9 Å². The minimum Gasteiger partial charge on any atom is -0.372 e. The first-order valence-corrected chi connectivity index (χ1v) is 9.52. The van der Waals surface area contributed by atoms with E-state index in [9.17, 15) is 18.0 Å². The van der Waals surface area contributed by atoms with E-state index in [4.69, 9.17) is 16.3 Å². The largest absolute Gasteiger partial charge is 0.417 e. The summed E-state index contributed by atoms with van der Waals surface area (Å²) in [4.78, 5) is 16.6.